The third-order valence-corrected chi connectivity index (χ3v) is 6.57. The van der Waals surface area contributed by atoms with Crippen molar-refractivity contribution < 1.29 is 18.8 Å². The summed E-state index contributed by atoms with van der Waals surface area (Å²) in [6.45, 7) is 5.00. The summed E-state index contributed by atoms with van der Waals surface area (Å²) in [5.74, 6) is -1.36. The van der Waals surface area contributed by atoms with Gasteiger partial charge in [-0.05, 0) is 79.4 Å². The van der Waals surface area contributed by atoms with Gasteiger partial charge in [0.2, 0.25) is 5.91 Å². The normalized spacial score (nSPS) is 17.5. The van der Waals surface area contributed by atoms with Crippen LogP contribution in [0.15, 0.2) is 41.3 Å². The van der Waals surface area contributed by atoms with E-state index < -0.39 is 17.1 Å². The lowest BCUT2D eigenvalue weighted by Gasteiger charge is -2.19. The van der Waals surface area contributed by atoms with Gasteiger partial charge in [-0.15, -0.1) is 0 Å². The lowest BCUT2D eigenvalue weighted by Crippen LogP contribution is -2.36. The highest BCUT2D eigenvalue weighted by atomic mass is 32.2. The Morgan fingerprint density at radius 3 is 2.56 bits per heavy atom. The monoisotopic (exact) mass is 453 g/mol. The number of nitrogens with zero attached hydrogens (tertiary/aromatic N) is 2. The van der Waals surface area contributed by atoms with E-state index in [1.54, 1.807) is 18.2 Å². The van der Waals surface area contributed by atoms with Gasteiger partial charge in [-0.25, -0.2) is 4.39 Å². The van der Waals surface area contributed by atoms with Gasteiger partial charge < -0.3 is 10.2 Å². The minimum Gasteiger partial charge on any atom is -0.369 e. The minimum atomic E-state index is -0.552. The van der Waals surface area contributed by atoms with Crippen molar-refractivity contribution in [3.63, 3.8) is 0 Å². The minimum absolute atomic E-state index is 0.176. The quantitative estimate of drug-likeness (QED) is 0.664. The first-order valence-electron chi connectivity index (χ1n) is 10.5. The van der Waals surface area contributed by atoms with Crippen LogP contribution in [0, 0.1) is 19.7 Å². The molecule has 8 heteroatoms. The number of halogens is 1. The summed E-state index contributed by atoms with van der Waals surface area (Å²) in [7, 11) is 0. The maximum Gasteiger partial charge on any atom is 0.294 e. The van der Waals surface area contributed by atoms with Crippen molar-refractivity contribution in [3.05, 3.63) is 63.8 Å². The number of hydrogen-bond acceptors (Lipinski definition) is 5. The Morgan fingerprint density at radius 1 is 1.12 bits per heavy atom. The molecule has 0 unspecified atom stereocenters. The molecule has 0 aromatic heterocycles. The standard InChI is InChI=1S/C24H24FN3O3S/c1-15-7-3-4-8-19(15)26-22(29)14-28-23(30)21(32-24(28)31)13-17-12-18(25)20(11-16(17)2)27-9-5-6-10-27/h3-4,7-8,11-13H,5-6,9-10,14H2,1-2H3,(H,26,29)/b21-13-. The molecule has 6 nitrogen and oxygen atoms in total. The first-order valence-corrected chi connectivity index (χ1v) is 11.3. The third kappa shape index (κ3) is 4.55. The highest BCUT2D eigenvalue weighted by molar-refractivity contribution is 8.18. The van der Waals surface area contributed by atoms with E-state index in [1.807, 2.05) is 30.9 Å². The second-order valence-electron chi connectivity index (χ2n) is 7.99. The molecule has 3 amide bonds. The number of carbonyl (C=O) groups excluding carboxylic acids is 3. The number of aryl methyl sites for hydroxylation is 2. The molecular weight excluding hydrogens is 429 g/mol. The van der Waals surface area contributed by atoms with Crippen LogP contribution in [0.4, 0.5) is 20.6 Å². The Kier molecular flexibility index (Phi) is 6.32. The zero-order valence-corrected chi connectivity index (χ0v) is 18.8. The van der Waals surface area contributed by atoms with Crippen LogP contribution < -0.4 is 10.2 Å². The van der Waals surface area contributed by atoms with Gasteiger partial charge in [-0.1, -0.05) is 18.2 Å². The largest absolute Gasteiger partial charge is 0.369 e. The lowest BCUT2D eigenvalue weighted by molar-refractivity contribution is -0.127. The molecule has 0 spiro atoms. The van der Waals surface area contributed by atoms with Crippen molar-refractivity contribution in [2.24, 2.45) is 0 Å². The number of benzene rings is 2. The number of rotatable bonds is 5. The number of amides is 3. The van der Waals surface area contributed by atoms with Gasteiger partial charge >= 0.3 is 0 Å². The Morgan fingerprint density at radius 2 is 1.84 bits per heavy atom. The highest BCUT2D eigenvalue weighted by Gasteiger charge is 2.36. The molecule has 4 rings (SSSR count). The summed E-state index contributed by atoms with van der Waals surface area (Å²) in [4.78, 5) is 40.7. The van der Waals surface area contributed by atoms with E-state index >= 15 is 0 Å². The fraction of sp³-hybridized carbons (Fsp3) is 0.292. The van der Waals surface area contributed by atoms with Gasteiger partial charge in [0, 0.05) is 18.8 Å². The van der Waals surface area contributed by atoms with Crippen LogP contribution in [-0.4, -0.2) is 41.6 Å². The number of nitrogens with one attached hydrogen (secondary N) is 1. The molecular formula is C24H24FN3O3S. The van der Waals surface area contributed by atoms with Crippen molar-refractivity contribution in [2.75, 3.05) is 29.9 Å². The molecule has 2 aromatic carbocycles. The van der Waals surface area contributed by atoms with Gasteiger partial charge in [0.1, 0.15) is 12.4 Å². The van der Waals surface area contributed by atoms with E-state index in [2.05, 4.69) is 5.32 Å². The average Bonchev–Trinajstić information content (AvgIpc) is 3.37. The predicted molar refractivity (Wildman–Crippen MR) is 125 cm³/mol. The Labute approximate surface area is 190 Å². The summed E-state index contributed by atoms with van der Waals surface area (Å²) in [6, 6.07) is 10.4. The van der Waals surface area contributed by atoms with Crippen LogP contribution in [0.25, 0.3) is 6.08 Å². The second kappa shape index (κ2) is 9.16. The highest BCUT2D eigenvalue weighted by Crippen LogP contribution is 2.34. The summed E-state index contributed by atoms with van der Waals surface area (Å²) in [5, 5.41) is 2.20. The molecule has 0 saturated carbocycles. The Hall–Kier alpha value is -3.13. The number of carbonyl (C=O) groups is 3. The third-order valence-electron chi connectivity index (χ3n) is 5.66. The lowest BCUT2D eigenvalue weighted by atomic mass is 10.1. The summed E-state index contributed by atoms with van der Waals surface area (Å²) in [6.07, 6.45) is 3.62. The maximum absolute atomic E-state index is 14.7. The van der Waals surface area contributed by atoms with Crippen LogP contribution in [0.1, 0.15) is 29.5 Å². The van der Waals surface area contributed by atoms with E-state index in [-0.39, 0.29) is 17.3 Å². The molecule has 0 bridgehead atoms. The van der Waals surface area contributed by atoms with Crippen molar-refractivity contribution in [1.82, 2.24) is 4.90 Å². The number of imide groups is 1. The van der Waals surface area contributed by atoms with Crippen LogP contribution >= 0.6 is 11.8 Å². The molecule has 2 aliphatic rings. The molecule has 166 valence electrons. The van der Waals surface area contributed by atoms with E-state index in [0.29, 0.717) is 16.9 Å². The fourth-order valence-corrected chi connectivity index (χ4v) is 4.69. The Bertz CT molecular complexity index is 1130. The van der Waals surface area contributed by atoms with Gasteiger partial charge in [0.15, 0.2) is 0 Å². The van der Waals surface area contributed by atoms with Crippen molar-refractivity contribution >= 4 is 46.3 Å². The second-order valence-corrected chi connectivity index (χ2v) is 8.98. The fourth-order valence-electron chi connectivity index (χ4n) is 3.86. The van der Waals surface area contributed by atoms with E-state index in [1.165, 1.54) is 12.1 Å². The zero-order chi connectivity index (χ0) is 22.8. The van der Waals surface area contributed by atoms with E-state index in [9.17, 15) is 18.8 Å². The van der Waals surface area contributed by atoms with Gasteiger partial charge in [0.05, 0.1) is 10.6 Å². The van der Waals surface area contributed by atoms with Crippen LogP contribution in [0.2, 0.25) is 0 Å². The van der Waals surface area contributed by atoms with Crippen molar-refractivity contribution in [3.8, 4) is 0 Å². The summed E-state index contributed by atoms with van der Waals surface area (Å²) < 4.78 is 14.7. The zero-order valence-electron chi connectivity index (χ0n) is 18.0. The molecule has 2 saturated heterocycles. The smallest absolute Gasteiger partial charge is 0.294 e. The van der Waals surface area contributed by atoms with Gasteiger partial charge in [-0.3, -0.25) is 19.3 Å². The maximum atomic E-state index is 14.7. The van der Waals surface area contributed by atoms with E-state index in [0.717, 1.165) is 53.7 Å². The first-order chi connectivity index (χ1) is 15.3. The molecule has 32 heavy (non-hydrogen) atoms. The number of hydrogen-bond donors (Lipinski definition) is 1. The van der Waals surface area contributed by atoms with Crippen LogP contribution in [0.3, 0.4) is 0 Å². The molecule has 0 aliphatic carbocycles. The SMILES string of the molecule is Cc1cc(N2CCCC2)c(F)cc1/C=C1\SC(=O)N(CC(=O)Nc2ccccc2C)C1=O. The molecule has 0 atom stereocenters. The number of para-hydroxylation sites is 1. The summed E-state index contributed by atoms with van der Waals surface area (Å²) >= 11 is 0.758. The number of anilines is 2. The molecule has 2 aliphatic heterocycles. The topological polar surface area (TPSA) is 69.7 Å². The van der Waals surface area contributed by atoms with E-state index in [4.69, 9.17) is 0 Å². The van der Waals surface area contributed by atoms with Crippen LogP contribution in [0.5, 0.6) is 0 Å². The average molecular weight is 454 g/mol. The molecule has 2 heterocycles. The Balaban J connectivity index is 1.49. The summed E-state index contributed by atoms with van der Waals surface area (Å²) in [5.41, 5.74) is 3.44. The van der Waals surface area contributed by atoms with Gasteiger partial charge in [-0.2, -0.15) is 0 Å². The molecule has 0 radical (unpaired) electrons. The van der Waals surface area contributed by atoms with Crippen LogP contribution in [-0.2, 0) is 9.59 Å². The predicted octanol–water partition coefficient (Wildman–Crippen LogP) is 4.72. The molecule has 2 fully saturated rings. The number of thioether (sulfide) groups is 1. The van der Waals surface area contributed by atoms with Crippen molar-refractivity contribution in [2.45, 2.75) is 26.7 Å². The molecule has 1 N–H and O–H groups in total. The van der Waals surface area contributed by atoms with Crippen molar-refractivity contribution in [1.29, 1.82) is 0 Å². The first kappa shape index (κ1) is 22.1. The van der Waals surface area contributed by atoms with Gasteiger partial charge in [0.25, 0.3) is 11.1 Å². The molecule has 2 aromatic rings.